The lowest BCUT2D eigenvalue weighted by atomic mass is 10.1. The molecule has 0 aliphatic heterocycles. The molecule has 0 atom stereocenters. The first-order valence-electron chi connectivity index (χ1n) is 8.45. The zero-order valence-electron chi connectivity index (χ0n) is 15.3. The Morgan fingerprint density at radius 3 is 2.67 bits per heavy atom. The van der Waals surface area contributed by atoms with Crippen LogP contribution in [0.1, 0.15) is 41.9 Å². The number of hydrogen-bond acceptors (Lipinski definition) is 3. The molecule has 0 spiro atoms. The Morgan fingerprint density at radius 2 is 2.00 bits per heavy atom. The maximum Gasteiger partial charge on any atom is 0.256 e. The second-order valence-electron chi connectivity index (χ2n) is 6.90. The van der Waals surface area contributed by atoms with Gasteiger partial charge in [-0.15, -0.1) is 0 Å². The molecule has 5 nitrogen and oxygen atoms in total. The van der Waals surface area contributed by atoms with Crippen molar-refractivity contribution in [3.63, 3.8) is 0 Å². The average Bonchev–Trinajstić information content (AvgIpc) is 2.85. The van der Waals surface area contributed by atoms with Crippen molar-refractivity contribution in [3.8, 4) is 0 Å². The maximum absolute atomic E-state index is 12.7. The molecular formula is C19H28N4O. The van der Waals surface area contributed by atoms with E-state index < -0.39 is 0 Å². The van der Waals surface area contributed by atoms with Crippen molar-refractivity contribution in [1.82, 2.24) is 14.7 Å². The van der Waals surface area contributed by atoms with E-state index in [1.54, 1.807) is 6.20 Å². The van der Waals surface area contributed by atoms with E-state index in [0.29, 0.717) is 11.5 Å². The molecule has 0 radical (unpaired) electrons. The number of hydrogen-bond donors (Lipinski definition) is 1. The summed E-state index contributed by atoms with van der Waals surface area (Å²) in [6.45, 7) is 7.99. The van der Waals surface area contributed by atoms with Crippen LogP contribution in [0, 0.1) is 12.8 Å². The standard InChI is InChI=1S/C19H28N4O/c1-14(2)10-11-23-15(3)18(12-20-23)21-19(24)17-9-7-6-8-16(17)13-22(4)5/h6-9,12,14H,10-11,13H2,1-5H3,(H,21,24). The highest BCUT2D eigenvalue weighted by atomic mass is 16.1. The summed E-state index contributed by atoms with van der Waals surface area (Å²) in [7, 11) is 4.00. The molecule has 2 aromatic rings. The highest BCUT2D eigenvalue weighted by Crippen LogP contribution is 2.18. The number of aromatic nitrogens is 2. The van der Waals surface area contributed by atoms with Gasteiger partial charge in [0.05, 0.1) is 17.6 Å². The highest BCUT2D eigenvalue weighted by molar-refractivity contribution is 6.05. The molecule has 1 N–H and O–H groups in total. The fourth-order valence-corrected chi connectivity index (χ4v) is 2.59. The minimum Gasteiger partial charge on any atom is -0.319 e. The number of aryl methyl sites for hydroxylation is 1. The van der Waals surface area contributed by atoms with Gasteiger partial charge in [0.15, 0.2) is 0 Å². The lowest BCUT2D eigenvalue weighted by Crippen LogP contribution is -2.18. The molecule has 5 heteroatoms. The van der Waals surface area contributed by atoms with Gasteiger partial charge in [0, 0.05) is 18.7 Å². The number of benzene rings is 1. The van der Waals surface area contributed by atoms with Crippen molar-refractivity contribution in [2.45, 2.75) is 40.3 Å². The largest absolute Gasteiger partial charge is 0.319 e. The van der Waals surface area contributed by atoms with Crippen LogP contribution in [0.3, 0.4) is 0 Å². The van der Waals surface area contributed by atoms with Crippen LogP contribution < -0.4 is 5.32 Å². The van der Waals surface area contributed by atoms with Gasteiger partial charge in [0.2, 0.25) is 0 Å². The van der Waals surface area contributed by atoms with Crippen molar-refractivity contribution < 1.29 is 4.79 Å². The molecule has 1 heterocycles. The van der Waals surface area contributed by atoms with E-state index in [-0.39, 0.29) is 5.91 Å². The number of nitrogens with one attached hydrogen (secondary N) is 1. The average molecular weight is 328 g/mol. The topological polar surface area (TPSA) is 50.2 Å². The summed E-state index contributed by atoms with van der Waals surface area (Å²) < 4.78 is 1.96. The van der Waals surface area contributed by atoms with E-state index in [2.05, 4.69) is 29.2 Å². The van der Waals surface area contributed by atoms with Crippen molar-refractivity contribution in [2.24, 2.45) is 5.92 Å². The van der Waals surface area contributed by atoms with E-state index >= 15 is 0 Å². The number of carbonyl (C=O) groups excluding carboxylic acids is 1. The van der Waals surface area contributed by atoms with Gasteiger partial charge >= 0.3 is 0 Å². The van der Waals surface area contributed by atoms with Crippen molar-refractivity contribution >= 4 is 11.6 Å². The smallest absolute Gasteiger partial charge is 0.256 e. The monoisotopic (exact) mass is 328 g/mol. The summed E-state index contributed by atoms with van der Waals surface area (Å²) >= 11 is 0. The van der Waals surface area contributed by atoms with Crippen LogP contribution in [0.2, 0.25) is 0 Å². The molecule has 2 rings (SSSR count). The van der Waals surface area contributed by atoms with Crippen LogP contribution in [0.4, 0.5) is 5.69 Å². The van der Waals surface area contributed by atoms with Crippen molar-refractivity contribution in [3.05, 3.63) is 47.3 Å². The van der Waals surface area contributed by atoms with Crippen LogP contribution in [0.25, 0.3) is 0 Å². The summed E-state index contributed by atoms with van der Waals surface area (Å²) in [5.74, 6) is 0.545. The summed E-state index contributed by atoms with van der Waals surface area (Å²) in [4.78, 5) is 14.7. The first kappa shape index (κ1) is 18.2. The maximum atomic E-state index is 12.7. The molecule has 1 aromatic heterocycles. The molecule has 0 unspecified atom stereocenters. The zero-order chi connectivity index (χ0) is 17.7. The quantitative estimate of drug-likeness (QED) is 0.845. The number of anilines is 1. The summed E-state index contributed by atoms with van der Waals surface area (Å²) in [5.41, 5.74) is 3.50. The fourth-order valence-electron chi connectivity index (χ4n) is 2.59. The van der Waals surface area contributed by atoms with Gasteiger partial charge in [-0.1, -0.05) is 32.0 Å². The Morgan fingerprint density at radius 1 is 1.29 bits per heavy atom. The Balaban J connectivity index is 2.13. The molecule has 1 amide bonds. The molecule has 0 fully saturated rings. The summed E-state index contributed by atoms with van der Waals surface area (Å²) in [6, 6.07) is 7.72. The van der Waals surface area contributed by atoms with Crippen LogP contribution in [-0.2, 0) is 13.1 Å². The predicted octanol–water partition coefficient (Wildman–Crippen LogP) is 3.55. The number of nitrogens with zero attached hydrogens (tertiary/aromatic N) is 3. The Kier molecular flexibility index (Phi) is 6.15. The predicted molar refractivity (Wildman–Crippen MR) is 98.2 cm³/mol. The molecule has 24 heavy (non-hydrogen) atoms. The lowest BCUT2D eigenvalue weighted by Gasteiger charge is -2.14. The number of carbonyl (C=O) groups is 1. The number of rotatable bonds is 7. The second-order valence-corrected chi connectivity index (χ2v) is 6.90. The molecule has 0 saturated carbocycles. The number of amides is 1. The van der Waals surface area contributed by atoms with Crippen LogP contribution in [0.15, 0.2) is 30.5 Å². The third kappa shape index (κ3) is 4.68. The van der Waals surface area contributed by atoms with E-state index in [1.165, 1.54) is 0 Å². The van der Waals surface area contributed by atoms with E-state index in [0.717, 1.165) is 36.5 Å². The molecular weight excluding hydrogens is 300 g/mol. The van der Waals surface area contributed by atoms with Crippen LogP contribution in [-0.4, -0.2) is 34.7 Å². The van der Waals surface area contributed by atoms with Crippen LogP contribution in [0.5, 0.6) is 0 Å². The highest BCUT2D eigenvalue weighted by Gasteiger charge is 2.14. The van der Waals surface area contributed by atoms with Crippen LogP contribution >= 0.6 is 0 Å². The SMILES string of the molecule is Cc1c(NC(=O)c2ccccc2CN(C)C)cnn1CCC(C)C. The summed E-state index contributed by atoms with van der Waals surface area (Å²) in [5, 5.41) is 7.41. The van der Waals surface area contributed by atoms with Gasteiger partial charge in [-0.05, 0) is 45.0 Å². The van der Waals surface area contributed by atoms with E-state index in [9.17, 15) is 4.79 Å². The first-order valence-corrected chi connectivity index (χ1v) is 8.45. The van der Waals surface area contributed by atoms with Gasteiger partial charge < -0.3 is 10.2 Å². The molecule has 0 aliphatic rings. The van der Waals surface area contributed by atoms with Crippen molar-refractivity contribution in [1.29, 1.82) is 0 Å². The minimum atomic E-state index is -0.0843. The van der Waals surface area contributed by atoms with E-state index in [1.807, 2.05) is 50.0 Å². The fraction of sp³-hybridized carbons (Fsp3) is 0.474. The third-order valence-corrected chi connectivity index (χ3v) is 4.02. The first-order chi connectivity index (χ1) is 11.4. The van der Waals surface area contributed by atoms with Gasteiger partial charge in [-0.3, -0.25) is 9.48 Å². The van der Waals surface area contributed by atoms with Gasteiger partial charge in [0.25, 0.3) is 5.91 Å². The molecule has 130 valence electrons. The van der Waals surface area contributed by atoms with E-state index in [4.69, 9.17) is 0 Å². The van der Waals surface area contributed by atoms with Gasteiger partial charge in [-0.2, -0.15) is 5.10 Å². The van der Waals surface area contributed by atoms with Gasteiger partial charge in [-0.25, -0.2) is 0 Å². The molecule has 1 aromatic carbocycles. The lowest BCUT2D eigenvalue weighted by molar-refractivity contribution is 0.102. The van der Waals surface area contributed by atoms with Crippen molar-refractivity contribution in [2.75, 3.05) is 19.4 Å². The molecule has 0 bridgehead atoms. The Hall–Kier alpha value is -2.14. The minimum absolute atomic E-state index is 0.0843. The second kappa shape index (κ2) is 8.11. The molecule has 0 aliphatic carbocycles. The van der Waals surface area contributed by atoms with Gasteiger partial charge in [0.1, 0.15) is 0 Å². The Bertz CT molecular complexity index is 688. The zero-order valence-corrected chi connectivity index (χ0v) is 15.3. The normalized spacial score (nSPS) is 11.3. The Labute approximate surface area is 144 Å². The third-order valence-electron chi connectivity index (χ3n) is 4.02. The summed E-state index contributed by atoms with van der Waals surface area (Å²) in [6.07, 6.45) is 2.81. The molecule has 0 saturated heterocycles.